The monoisotopic (exact) mass is 665 g/mol. The van der Waals surface area contributed by atoms with Crippen molar-refractivity contribution >= 4 is 43.1 Å². The maximum Gasteiger partial charge on any atom is 0.264 e. The molecule has 0 unspecified atom stereocenters. The number of carbonyl (C=O) groups is 3. The average molecular weight is 666 g/mol. The summed E-state index contributed by atoms with van der Waals surface area (Å²) in [7, 11) is -3.04. The Balaban J connectivity index is 1.29. The van der Waals surface area contributed by atoms with Crippen molar-refractivity contribution in [2.75, 3.05) is 23.0 Å². The van der Waals surface area contributed by atoms with Crippen molar-refractivity contribution in [3.05, 3.63) is 102 Å². The highest BCUT2D eigenvalue weighted by molar-refractivity contribution is 6.71. The minimum Gasteiger partial charge on any atom is -0.432 e. The Morgan fingerprint density at radius 1 is 1.02 bits per heavy atom. The smallest absolute Gasteiger partial charge is 0.264 e. The molecule has 0 aromatic heterocycles. The highest BCUT2D eigenvalue weighted by Gasteiger charge is 2.66. The number of hydrogen-bond acceptors (Lipinski definition) is 6. The molecule has 0 saturated carbocycles. The summed E-state index contributed by atoms with van der Waals surface area (Å²) in [5.41, 5.74) is 4.09. The number of ether oxygens (including phenoxy) is 1. The Morgan fingerprint density at radius 2 is 1.73 bits per heavy atom. The quantitative estimate of drug-likeness (QED) is 0.273. The molecule has 1 fully saturated rings. The Kier molecular flexibility index (Phi) is 8.18. The molecule has 2 N–H and O–H groups in total. The summed E-state index contributed by atoms with van der Waals surface area (Å²) in [6.07, 6.45) is 2.49. The molecule has 48 heavy (non-hydrogen) atoms. The summed E-state index contributed by atoms with van der Waals surface area (Å²) in [5.74, 6) is -0.940. The van der Waals surface area contributed by atoms with Crippen LogP contribution in [0.1, 0.15) is 42.0 Å². The van der Waals surface area contributed by atoms with Crippen LogP contribution in [-0.2, 0) is 44.1 Å². The van der Waals surface area contributed by atoms with Gasteiger partial charge in [0, 0.05) is 42.2 Å². The first kappa shape index (κ1) is 32.5. The number of nitrogens with zero attached hydrogens (tertiary/aromatic N) is 3. The van der Waals surface area contributed by atoms with Gasteiger partial charge in [-0.3, -0.25) is 19.3 Å². The van der Waals surface area contributed by atoms with E-state index in [2.05, 4.69) is 6.58 Å². The highest BCUT2D eigenvalue weighted by Crippen LogP contribution is 2.60. The van der Waals surface area contributed by atoms with Crippen molar-refractivity contribution in [2.24, 2.45) is 5.92 Å². The topological polar surface area (TPSA) is 111 Å². The van der Waals surface area contributed by atoms with Gasteiger partial charge in [-0.2, -0.15) is 0 Å². The zero-order valence-electron chi connectivity index (χ0n) is 27.8. The van der Waals surface area contributed by atoms with Crippen LogP contribution >= 0.6 is 0 Å². The number of para-hydroxylation sites is 1. The molecule has 3 aromatic rings. The molecule has 4 heterocycles. The minimum atomic E-state index is -3.04. The molecule has 0 radical (unpaired) electrons. The van der Waals surface area contributed by atoms with Crippen LogP contribution in [0.15, 0.2) is 79.4 Å². The van der Waals surface area contributed by atoms with E-state index in [0.29, 0.717) is 42.7 Å². The Labute approximate surface area is 282 Å². The third-order valence-electron chi connectivity index (χ3n) is 10.9. The zero-order valence-corrected chi connectivity index (χ0v) is 28.8. The first-order valence-electron chi connectivity index (χ1n) is 16.8. The van der Waals surface area contributed by atoms with Crippen LogP contribution in [0.4, 0.5) is 17.1 Å². The van der Waals surface area contributed by atoms with Crippen molar-refractivity contribution in [1.82, 2.24) is 4.90 Å². The molecule has 1 spiro atoms. The van der Waals surface area contributed by atoms with Crippen molar-refractivity contribution in [3.63, 3.8) is 0 Å². The first-order valence-corrected chi connectivity index (χ1v) is 19.9. The molecule has 250 valence electrons. The van der Waals surface area contributed by atoms with Crippen LogP contribution in [0, 0.1) is 5.92 Å². The number of rotatable bonds is 7. The van der Waals surface area contributed by atoms with E-state index in [1.165, 1.54) is 0 Å². The Morgan fingerprint density at radius 3 is 2.44 bits per heavy atom. The van der Waals surface area contributed by atoms with E-state index in [-0.39, 0.29) is 43.3 Å². The summed E-state index contributed by atoms with van der Waals surface area (Å²) in [6, 6.07) is 21.1. The maximum atomic E-state index is 14.7. The van der Waals surface area contributed by atoms with Gasteiger partial charge in [0.25, 0.3) is 5.91 Å². The van der Waals surface area contributed by atoms with Crippen LogP contribution in [0.25, 0.3) is 0 Å². The van der Waals surface area contributed by atoms with Gasteiger partial charge in [0.15, 0.2) is 13.9 Å². The second-order valence-electron chi connectivity index (χ2n) is 14.2. The van der Waals surface area contributed by atoms with Crippen molar-refractivity contribution in [2.45, 2.75) is 75.5 Å². The predicted molar refractivity (Wildman–Crippen MR) is 186 cm³/mol. The van der Waals surface area contributed by atoms with Crippen LogP contribution in [0.2, 0.25) is 18.6 Å². The van der Waals surface area contributed by atoms with Gasteiger partial charge < -0.3 is 24.4 Å². The van der Waals surface area contributed by atoms with Crippen LogP contribution in [0.3, 0.4) is 0 Å². The number of amides is 3. The predicted octanol–water partition coefficient (Wildman–Crippen LogP) is 4.96. The Bertz CT molecular complexity index is 1800. The SMILES string of the molecule is C=CCN1C(=O)[C@]2(O[C@H](CC(=O)N3Cc4ccccc4C[C@H]3CO)[C@@H]([Si](C)(C)O)[C@@H]2C)c2cc(N3C(=O)CCc4ccccc43)ccc21. The summed E-state index contributed by atoms with van der Waals surface area (Å²) in [5, 5.41) is 10.3. The van der Waals surface area contributed by atoms with E-state index >= 15 is 0 Å². The number of aliphatic hydroxyl groups excluding tert-OH is 1. The summed E-state index contributed by atoms with van der Waals surface area (Å²) in [4.78, 5) is 59.1. The van der Waals surface area contributed by atoms with Gasteiger partial charge in [0.2, 0.25) is 11.8 Å². The lowest BCUT2D eigenvalue weighted by Gasteiger charge is -2.37. The van der Waals surface area contributed by atoms with E-state index in [1.54, 1.807) is 20.8 Å². The molecule has 1 saturated heterocycles. The fraction of sp³-hybridized carbons (Fsp3) is 0.395. The van der Waals surface area contributed by atoms with Gasteiger partial charge in [0.05, 0.1) is 36.5 Å². The number of aliphatic hydroxyl groups is 1. The lowest BCUT2D eigenvalue weighted by atomic mass is 9.82. The molecule has 7 rings (SSSR count). The Hall–Kier alpha value is -4.09. The van der Waals surface area contributed by atoms with Crippen molar-refractivity contribution in [1.29, 1.82) is 0 Å². The van der Waals surface area contributed by atoms with Gasteiger partial charge in [-0.1, -0.05) is 55.5 Å². The fourth-order valence-electron chi connectivity index (χ4n) is 8.76. The molecule has 0 aliphatic carbocycles. The highest BCUT2D eigenvalue weighted by atomic mass is 28.4. The summed E-state index contributed by atoms with van der Waals surface area (Å²) < 4.78 is 6.95. The average Bonchev–Trinajstić information content (AvgIpc) is 3.49. The molecule has 9 nitrogen and oxygen atoms in total. The van der Waals surface area contributed by atoms with Crippen molar-refractivity contribution in [3.8, 4) is 0 Å². The summed E-state index contributed by atoms with van der Waals surface area (Å²) >= 11 is 0. The van der Waals surface area contributed by atoms with E-state index in [9.17, 15) is 24.3 Å². The molecular formula is C38H43N3O6Si. The maximum absolute atomic E-state index is 14.7. The normalized spacial score (nSPS) is 26.5. The van der Waals surface area contributed by atoms with Crippen LogP contribution in [0.5, 0.6) is 0 Å². The van der Waals surface area contributed by atoms with Gasteiger partial charge in [-0.25, -0.2) is 0 Å². The molecule has 0 bridgehead atoms. The fourth-order valence-corrected chi connectivity index (χ4v) is 11.3. The number of aryl methyl sites for hydroxylation is 1. The standard InChI is InChI=1S/C38H43N3O6Si/c1-5-18-39-32-16-15-28(41-31-13-9-8-10-25(31)14-17-34(41)43)20-30(32)38(37(39)45)24(2)36(48(3,4)46)33(47-38)21-35(44)40-22-27-12-7-6-11-26(27)19-29(40)23-42/h5-13,15-16,20,24,29,33,36,42,46H,1,14,17-19,21-23H2,2-4H3/t24-,29-,33+,36-,38+/m0/s1. The molecule has 4 aliphatic heterocycles. The van der Waals surface area contributed by atoms with Gasteiger partial charge >= 0.3 is 0 Å². The molecular weight excluding hydrogens is 623 g/mol. The number of hydrogen-bond donors (Lipinski definition) is 2. The van der Waals surface area contributed by atoms with Crippen LogP contribution in [-0.4, -0.2) is 66.1 Å². The van der Waals surface area contributed by atoms with E-state index in [0.717, 1.165) is 22.4 Å². The zero-order chi connectivity index (χ0) is 34.0. The van der Waals surface area contributed by atoms with Gasteiger partial charge in [-0.05, 0) is 66.9 Å². The second kappa shape index (κ2) is 12.1. The number of carbonyl (C=O) groups excluding carboxylic acids is 3. The molecule has 3 aromatic carbocycles. The minimum absolute atomic E-state index is 0.0258. The van der Waals surface area contributed by atoms with Gasteiger partial charge in [0.1, 0.15) is 0 Å². The lowest BCUT2D eigenvalue weighted by Crippen LogP contribution is -2.48. The number of anilines is 3. The molecule has 10 heteroatoms. The van der Waals surface area contributed by atoms with Crippen LogP contribution < -0.4 is 9.80 Å². The lowest BCUT2D eigenvalue weighted by molar-refractivity contribution is -0.150. The van der Waals surface area contributed by atoms with E-state index < -0.39 is 31.5 Å². The molecule has 5 atom stereocenters. The molecule has 4 aliphatic rings. The van der Waals surface area contributed by atoms with Crippen molar-refractivity contribution < 1.29 is 29.0 Å². The van der Waals surface area contributed by atoms with Gasteiger partial charge in [-0.15, -0.1) is 6.58 Å². The number of benzene rings is 3. The third-order valence-corrected chi connectivity index (χ3v) is 13.4. The second-order valence-corrected chi connectivity index (χ2v) is 18.1. The first-order chi connectivity index (χ1) is 23.0. The van der Waals surface area contributed by atoms with E-state index in [1.807, 2.05) is 86.7 Å². The third kappa shape index (κ3) is 5.04. The molecule has 3 amide bonds. The summed E-state index contributed by atoms with van der Waals surface area (Å²) in [6.45, 7) is 9.98. The largest absolute Gasteiger partial charge is 0.432 e. The number of fused-ring (bicyclic) bond motifs is 4. The van der Waals surface area contributed by atoms with E-state index in [4.69, 9.17) is 4.74 Å².